The Morgan fingerprint density at radius 2 is 2.29 bits per heavy atom. The van der Waals surface area contributed by atoms with E-state index in [1.165, 1.54) is 13.2 Å². The van der Waals surface area contributed by atoms with Gasteiger partial charge in [-0.05, 0) is 19.4 Å². The fraction of sp³-hybridized carbons (Fsp3) is 0.308. The standard InChI is InChI=1S/C13H16N2O2/c1-8(2)4-11(15)10-5-9(7-14)6-12(17-3)13(10)16/h5-6,11,16H,1,4,15H2,2-3H3/t11-/m1/s1. The van der Waals surface area contributed by atoms with Gasteiger partial charge in [0, 0.05) is 17.7 Å². The highest BCUT2D eigenvalue weighted by Crippen LogP contribution is 2.35. The topological polar surface area (TPSA) is 79.3 Å². The second-order valence-electron chi connectivity index (χ2n) is 4.00. The molecule has 0 aliphatic rings. The van der Waals surface area contributed by atoms with Gasteiger partial charge in [0.25, 0.3) is 0 Å². The summed E-state index contributed by atoms with van der Waals surface area (Å²) in [5, 5.41) is 18.8. The van der Waals surface area contributed by atoms with Gasteiger partial charge in [0.2, 0.25) is 0 Å². The summed E-state index contributed by atoms with van der Waals surface area (Å²) in [5.74, 6) is 0.247. The average Bonchev–Trinajstić information content (AvgIpc) is 2.28. The lowest BCUT2D eigenvalue weighted by Gasteiger charge is -2.16. The predicted octanol–water partition coefficient (Wildman–Crippen LogP) is 2.24. The van der Waals surface area contributed by atoms with Crippen molar-refractivity contribution in [1.29, 1.82) is 5.26 Å². The first-order chi connectivity index (χ1) is 7.99. The van der Waals surface area contributed by atoms with Crippen molar-refractivity contribution < 1.29 is 9.84 Å². The Kier molecular flexibility index (Phi) is 4.13. The summed E-state index contributed by atoms with van der Waals surface area (Å²) in [5.41, 5.74) is 7.79. The average molecular weight is 232 g/mol. The molecule has 0 aromatic heterocycles. The summed E-state index contributed by atoms with van der Waals surface area (Å²) in [6.07, 6.45) is 0.547. The molecule has 0 heterocycles. The summed E-state index contributed by atoms with van der Waals surface area (Å²) >= 11 is 0. The minimum Gasteiger partial charge on any atom is -0.504 e. The Balaban J connectivity index is 3.22. The largest absolute Gasteiger partial charge is 0.504 e. The molecule has 17 heavy (non-hydrogen) atoms. The van der Waals surface area contributed by atoms with Crippen LogP contribution < -0.4 is 10.5 Å². The lowest BCUT2D eigenvalue weighted by molar-refractivity contribution is 0.368. The van der Waals surface area contributed by atoms with Crippen molar-refractivity contribution >= 4 is 0 Å². The summed E-state index contributed by atoms with van der Waals surface area (Å²) in [6.45, 7) is 5.64. The first kappa shape index (κ1) is 13.1. The van der Waals surface area contributed by atoms with Gasteiger partial charge in [0.1, 0.15) is 0 Å². The number of methoxy groups -OCH3 is 1. The van der Waals surface area contributed by atoms with Crippen molar-refractivity contribution in [2.45, 2.75) is 19.4 Å². The van der Waals surface area contributed by atoms with Gasteiger partial charge in [-0.25, -0.2) is 0 Å². The van der Waals surface area contributed by atoms with Crippen LogP contribution in [0.5, 0.6) is 11.5 Å². The van der Waals surface area contributed by atoms with Gasteiger partial charge < -0.3 is 15.6 Å². The number of nitriles is 1. The second kappa shape index (κ2) is 5.37. The van der Waals surface area contributed by atoms with Crippen LogP contribution in [-0.4, -0.2) is 12.2 Å². The molecule has 1 aromatic rings. The monoisotopic (exact) mass is 232 g/mol. The van der Waals surface area contributed by atoms with Crippen molar-refractivity contribution in [2.75, 3.05) is 7.11 Å². The van der Waals surface area contributed by atoms with E-state index < -0.39 is 6.04 Å². The third-order valence-corrected chi connectivity index (χ3v) is 2.42. The first-order valence-electron chi connectivity index (χ1n) is 5.20. The Bertz CT molecular complexity index is 475. The van der Waals surface area contributed by atoms with Crippen LogP contribution in [0.2, 0.25) is 0 Å². The van der Waals surface area contributed by atoms with Crippen molar-refractivity contribution in [2.24, 2.45) is 5.73 Å². The molecule has 3 N–H and O–H groups in total. The SMILES string of the molecule is C=C(C)C[C@@H](N)c1cc(C#N)cc(OC)c1O. The van der Waals surface area contributed by atoms with Crippen LogP contribution >= 0.6 is 0 Å². The van der Waals surface area contributed by atoms with Crippen molar-refractivity contribution in [1.82, 2.24) is 0 Å². The number of ether oxygens (including phenoxy) is 1. The number of nitrogens with zero attached hydrogens (tertiary/aromatic N) is 1. The molecule has 4 nitrogen and oxygen atoms in total. The molecule has 0 aliphatic carbocycles. The Morgan fingerprint density at radius 3 is 2.76 bits per heavy atom. The van der Waals surface area contributed by atoms with E-state index in [4.69, 9.17) is 15.7 Å². The van der Waals surface area contributed by atoms with Crippen molar-refractivity contribution in [3.05, 3.63) is 35.4 Å². The molecule has 1 atom stereocenters. The fourth-order valence-corrected chi connectivity index (χ4v) is 1.62. The van der Waals surface area contributed by atoms with Gasteiger partial charge in [-0.2, -0.15) is 5.26 Å². The normalized spacial score (nSPS) is 11.6. The summed E-state index contributed by atoms with van der Waals surface area (Å²) in [4.78, 5) is 0. The molecule has 0 bridgehead atoms. The van der Waals surface area contributed by atoms with Crippen LogP contribution in [0, 0.1) is 11.3 Å². The van der Waals surface area contributed by atoms with Gasteiger partial charge in [0.05, 0.1) is 18.7 Å². The van der Waals surface area contributed by atoms with E-state index in [-0.39, 0.29) is 11.5 Å². The Morgan fingerprint density at radius 1 is 1.65 bits per heavy atom. The van der Waals surface area contributed by atoms with Crippen LogP contribution in [0.4, 0.5) is 0 Å². The zero-order chi connectivity index (χ0) is 13.0. The van der Waals surface area contributed by atoms with E-state index in [0.29, 0.717) is 17.5 Å². The highest BCUT2D eigenvalue weighted by molar-refractivity contribution is 5.52. The zero-order valence-electron chi connectivity index (χ0n) is 10.0. The molecule has 0 unspecified atom stereocenters. The highest BCUT2D eigenvalue weighted by Gasteiger charge is 2.16. The zero-order valence-corrected chi connectivity index (χ0v) is 10.0. The van der Waals surface area contributed by atoms with Gasteiger partial charge >= 0.3 is 0 Å². The molecule has 4 heteroatoms. The van der Waals surface area contributed by atoms with Crippen molar-refractivity contribution in [3.63, 3.8) is 0 Å². The van der Waals surface area contributed by atoms with Crippen LogP contribution in [-0.2, 0) is 0 Å². The van der Waals surface area contributed by atoms with Crippen LogP contribution in [0.3, 0.4) is 0 Å². The number of hydrogen-bond donors (Lipinski definition) is 2. The van der Waals surface area contributed by atoms with Crippen LogP contribution in [0.25, 0.3) is 0 Å². The van der Waals surface area contributed by atoms with Gasteiger partial charge in [-0.1, -0.05) is 5.57 Å². The van der Waals surface area contributed by atoms with E-state index >= 15 is 0 Å². The van der Waals surface area contributed by atoms with E-state index in [0.717, 1.165) is 5.57 Å². The number of hydrogen-bond acceptors (Lipinski definition) is 4. The molecule has 0 fully saturated rings. The summed E-state index contributed by atoms with van der Waals surface area (Å²) in [7, 11) is 1.43. The molecule has 90 valence electrons. The van der Waals surface area contributed by atoms with Gasteiger partial charge in [-0.3, -0.25) is 0 Å². The number of aromatic hydroxyl groups is 1. The van der Waals surface area contributed by atoms with Crippen molar-refractivity contribution in [3.8, 4) is 17.6 Å². The first-order valence-corrected chi connectivity index (χ1v) is 5.20. The lowest BCUT2D eigenvalue weighted by atomic mass is 9.98. The minimum atomic E-state index is -0.394. The fourth-order valence-electron chi connectivity index (χ4n) is 1.62. The van der Waals surface area contributed by atoms with Crippen LogP contribution in [0.1, 0.15) is 30.5 Å². The molecule has 0 spiro atoms. The molecular formula is C13H16N2O2. The third kappa shape index (κ3) is 2.99. The number of rotatable bonds is 4. The maximum Gasteiger partial charge on any atom is 0.162 e. The number of phenolic OH excluding ortho intramolecular Hbond substituents is 1. The molecule has 0 saturated carbocycles. The number of phenols is 1. The van der Waals surface area contributed by atoms with E-state index in [1.807, 2.05) is 13.0 Å². The van der Waals surface area contributed by atoms with Gasteiger partial charge in [0.15, 0.2) is 11.5 Å². The second-order valence-corrected chi connectivity index (χ2v) is 4.00. The maximum absolute atomic E-state index is 9.95. The highest BCUT2D eigenvalue weighted by atomic mass is 16.5. The molecule has 0 radical (unpaired) electrons. The molecule has 1 aromatic carbocycles. The molecule has 0 amide bonds. The Hall–Kier alpha value is -1.99. The van der Waals surface area contributed by atoms with E-state index in [9.17, 15) is 5.11 Å². The van der Waals surface area contributed by atoms with Gasteiger partial charge in [-0.15, -0.1) is 6.58 Å². The molecule has 1 rings (SSSR count). The quantitative estimate of drug-likeness (QED) is 0.780. The smallest absolute Gasteiger partial charge is 0.162 e. The Labute approximate surface area is 101 Å². The number of benzene rings is 1. The lowest BCUT2D eigenvalue weighted by Crippen LogP contribution is -2.11. The summed E-state index contributed by atoms with van der Waals surface area (Å²) < 4.78 is 5.00. The molecule has 0 saturated heterocycles. The van der Waals surface area contributed by atoms with E-state index in [2.05, 4.69) is 6.58 Å². The molecule has 0 aliphatic heterocycles. The van der Waals surface area contributed by atoms with Crippen LogP contribution in [0.15, 0.2) is 24.3 Å². The molecular weight excluding hydrogens is 216 g/mol. The predicted molar refractivity (Wildman–Crippen MR) is 65.7 cm³/mol. The third-order valence-electron chi connectivity index (χ3n) is 2.42. The maximum atomic E-state index is 9.95. The minimum absolute atomic E-state index is 0.0137. The van der Waals surface area contributed by atoms with E-state index in [1.54, 1.807) is 6.07 Å². The number of nitrogens with two attached hydrogens (primary N) is 1. The summed E-state index contributed by atoms with van der Waals surface area (Å²) in [6, 6.07) is 4.67.